The van der Waals surface area contributed by atoms with Crippen molar-refractivity contribution in [2.24, 2.45) is 218 Å². The van der Waals surface area contributed by atoms with Gasteiger partial charge in [-0.15, -0.1) is 0 Å². The molecule has 19 nitrogen and oxygen atoms in total. The zero-order chi connectivity index (χ0) is 83.7. The first-order valence-corrected chi connectivity index (χ1v) is 53.8. The van der Waals surface area contributed by atoms with E-state index in [1.165, 1.54) is 89.9 Å². The van der Waals surface area contributed by atoms with Gasteiger partial charge in [-0.05, 0) is 379 Å². The van der Waals surface area contributed by atoms with Crippen LogP contribution in [-0.2, 0) is 90.0 Å². The van der Waals surface area contributed by atoms with Gasteiger partial charge in [0.15, 0.2) is 0 Å². The Balaban J connectivity index is 0.0000000636. The number of rotatable bonds is 5. The number of hydrogen-bond donors (Lipinski definition) is 0. The third kappa shape index (κ3) is 8.92. The molecular formula is C107H146O19. The molecule has 126 heavy (non-hydrogen) atoms. The van der Waals surface area contributed by atoms with Crippen LogP contribution in [0.2, 0.25) is 0 Å². The highest BCUT2D eigenvalue weighted by molar-refractivity contribution is 5.37. The van der Waals surface area contributed by atoms with E-state index < -0.39 is 0 Å². The topological polar surface area (TPSA) is 235 Å². The summed E-state index contributed by atoms with van der Waals surface area (Å²) in [6, 6.07) is 0. The first-order valence-electron chi connectivity index (χ1n) is 53.8. The fourth-order valence-electron chi connectivity index (χ4n) is 45.9. The average Bonchev–Trinajstić information content (AvgIpc) is 1.47. The van der Waals surface area contributed by atoms with Gasteiger partial charge in [0.25, 0.3) is 0 Å². The monoisotopic (exact) mass is 1740 g/mol. The Morgan fingerprint density at radius 1 is 0.294 bits per heavy atom. The van der Waals surface area contributed by atoms with Crippen molar-refractivity contribution in [2.75, 3.05) is 19.8 Å². The second-order valence-electron chi connectivity index (χ2n) is 56.2. The van der Waals surface area contributed by atoms with Gasteiger partial charge in [-0.1, -0.05) is 41.5 Å². The standard InChI is InChI=1S/C14H22O3.7C12H16O2.C9H12O2/c1-13(2)9-5-11(13)14(12(6-9)17-14)3-4-15-7-10-8-16-10;1-11-7-3-6(10(11)14-11)9-5(7)4-8-12(9,2)13-8;1-11-7-3-6(10(11)14-11)5-4-8-12(2,13-8)9(5)7;1-11-4-6-7-3-5(8(6)10(11)13-11)9-12(7,2)14-9;2*1-4-6-5-3-12(2)11(14-12)8(5)7(4)10-9(6)13-10;2*1-4-7-5-3-6-12(2,14-6)9(5)8(4)11-10(7)13-11;1-4-9(11-4)3-5-2-6(9)8-7(5)10-8/h9-12H,3-8H2,1-2H3;3*5-10H,3-4H2,1-2H3;4*4-11H,3H2,1-2H3;4-8H,2-3H2,1H3. The third-order valence-corrected chi connectivity index (χ3v) is 52.0. The van der Waals surface area contributed by atoms with E-state index in [9.17, 15) is 0 Å². The quantitative estimate of drug-likeness (QED) is 0.184. The maximum Gasteiger partial charge on any atom is 0.104 e. The maximum atomic E-state index is 6.07. The zero-order valence-electron chi connectivity index (χ0n) is 78.0. The Morgan fingerprint density at radius 3 is 1.26 bits per heavy atom. The molecule has 0 amide bonds. The van der Waals surface area contributed by atoms with Crippen molar-refractivity contribution in [2.45, 2.75) is 422 Å². The third-order valence-electron chi connectivity index (χ3n) is 52.0. The minimum Gasteiger partial charge on any atom is -0.379 e. The molecule has 26 aliphatic carbocycles. The molecule has 0 N–H and O–H groups in total. The molecule has 1 spiro atoms. The lowest BCUT2D eigenvalue weighted by Gasteiger charge is -2.58. The number of hydrogen-bond acceptors (Lipinski definition) is 19. The van der Waals surface area contributed by atoms with Gasteiger partial charge in [-0.2, -0.15) is 0 Å². The van der Waals surface area contributed by atoms with E-state index in [-0.39, 0.29) is 33.6 Å². The molecule has 0 aromatic heterocycles. The molecule has 71 atom stereocenters. The van der Waals surface area contributed by atoms with E-state index in [0.29, 0.717) is 179 Å². The fraction of sp³-hybridized carbons (Fsp3) is 1.00. The normalized spacial score (nSPS) is 76.7. The lowest BCUT2D eigenvalue weighted by molar-refractivity contribution is -0.0917. The zero-order valence-corrected chi connectivity index (χ0v) is 78.0. The SMILES string of the molecule is CC1(C)C2CC3OC3(CCOCC3CO3)C1C2.CC12CC3C(C4CC3C3(C)OC43)C1O2.CC12OC1C1CC2C2C1CC1OC12C.CC12OC1C1CC2C2CC3OC3(C)C21.CC1C2C3CC4(C)OC4C3C1C1OC12.CC1C2C3CC4(C)OC4C3C1C1OC12.CC1C2C3CC4OC4(C)C3C1C1OC12.CC1C2C3CC4OC4(C)C3C1C1OC12.CC1OC12CC1CC2C2OC12. The Kier molecular flexibility index (Phi) is 13.5. The second-order valence-corrected chi connectivity index (χ2v) is 56.2. The molecule has 71 unspecified atom stereocenters. The van der Waals surface area contributed by atoms with Gasteiger partial charge < -0.3 is 90.0 Å². The van der Waals surface area contributed by atoms with Gasteiger partial charge in [-0.3, -0.25) is 0 Å². The van der Waals surface area contributed by atoms with E-state index in [0.717, 1.165) is 239 Å². The van der Waals surface area contributed by atoms with E-state index in [1.54, 1.807) is 0 Å². The van der Waals surface area contributed by atoms with Gasteiger partial charge in [0.05, 0.1) is 204 Å². The molecular weight excluding hydrogens is 1590 g/mol. The molecule has 44 rings (SSSR count). The van der Waals surface area contributed by atoms with Crippen LogP contribution >= 0.6 is 0 Å². The van der Waals surface area contributed by atoms with Gasteiger partial charge in [-0.25, -0.2) is 0 Å². The van der Waals surface area contributed by atoms with Crippen molar-refractivity contribution in [3.8, 4) is 0 Å². The van der Waals surface area contributed by atoms with Crippen LogP contribution in [0.25, 0.3) is 0 Å². The molecule has 44 aliphatic rings. The lowest BCUT2D eigenvalue weighted by atomic mass is 9.45. The van der Waals surface area contributed by atoms with Crippen molar-refractivity contribution in [3.05, 3.63) is 0 Å². The minimum atomic E-state index is 0.197. The van der Waals surface area contributed by atoms with Crippen LogP contribution in [0.15, 0.2) is 0 Å². The summed E-state index contributed by atoms with van der Waals surface area (Å²) in [7, 11) is 0. The predicted molar refractivity (Wildman–Crippen MR) is 449 cm³/mol. The highest BCUT2D eigenvalue weighted by Gasteiger charge is 2.90. The van der Waals surface area contributed by atoms with Gasteiger partial charge in [0.1, 0.15) is 17.3 Å². The summed E-state index contributed by atoms with van der Waals surface area (Å²) in [4.78, 5) is 0. The average molecular weight is 1740 g/mol. The second kappa shape index (κ2) is 22.2. The largest absolute Gasteiger partial charge is 0.379 e. The minimum absolute atomic E-state index is 0.197. The Hall–Kier alpha value is -0.760. The van der Waals surface area contributed by atoms with Crippen molar-refractivity contribution in [1.82, 2.24) is 0 Å². The molecule has 18 saturated heterocycles. The summed E-state index contributed by atoms with van der Waals surface area (Å²) in [5.74, 6) is 31.6. The summed E-state index contributed by atoms with van der Waals surface area (Å²) in [5, 5.41) is 0. The van der Waals surface area contributed by atoms with E-state index in [2.05, 4.69) is 118 Å². The van der Waals surface area contributed by atoms with Crippen LogP contribution in [-0.4, -0.2) is 227 Å². The molecule has 0 aromatic rings. The summed E-state index contributed by atoms with van der Waals surface area (Å²) in [6.07, 6.45) is 34.1. The van der Waals surface area contributed by atoms with Crippen LogP contribution < -0.4 is 0 Å². The van der Waals surface area contributed by atoms with Gasteiger partial charge in [0.2, 0.25) is 0 Å². The Morgan fingerprint density at radius 2 is 0.730 bits per heavy atom. The highest BCUT2D eigenvalue weighted by Crippen LogP contribution is 2.84. The lowest BCUT2D eigenvalue weighted by Crippen LogP contribution is -2.57. The van der Waals surface area contributed by atoms with Gasteiger partial charge in [0, 0.05) is 18.9 Å². The van der Waals surface area contributed by atoms with Crippen molar-refractivity contribution < 1.29 is 90.0 Å². The maximum absolute atomic E-state index is 6.07. The van der Waals surface area contributed by atoms with Crippen molar-refractivity contribution in [1.29, 1.82) is 0 Å². The van der Waals surface area contributed by atoms with Crippen LogP contribution in [0, 0.1) is 218 Å². The molecule has 18 aliphatic heterocycles. The number of epoxide rings is 18. The van der Waals surface area contributed by atoms with Gasteiger partial charge >= 0.3 is 0 Å². The first kappa shape index (κ1) is 76.2. The van der Waals surface area contributed by atoms with Crippen LogP contribution in [0.5, 0.6) is 0 Å². The molecule has 18 bridgehead atoms. The molecule has 0 aromatic carbocycles. The van der Waals surface area contributed by atoms with Crippen LogP contribution in [0.3, 0.4) is 0 Å². The molecule has 18 heterocycles. The summed E-state index contributed by atoms with van der Waals surface area (Å²) >= 11 is 0. The Labute approximate surface area is 745 Å². The smallest absolute Gasteiger partial charge is 0.104 e. The molecule has 19 heteroatoms. The predicted octanol–water partition coefficient (Wildman–Crippen LogP) is 13.5. The summed E-state index contributed by atoms with van der Waals surface area (Å²) in [5.41, 5.74) is 3.86. The summed E-state index contributed by atoms with van der Waals surface area (Å²) < 4.78 is 110. The summed E-state index contributed by atoms with van der Waals surface area (Å²) in [6.45, 7) is 42.6. The van der Waals surface area contributed by atoms with Crippen LogP contribution in [0.4, 0.5) is 0 Å². The van der Waals surface area contributed by atoms with E-state index >= 15 is 0 Å². The Bertz CT molecular complexity index is 4670. The van der Waals surface area contributed by atoms with E-state index in [1.807, 2.05) is 0 Å². The van der Waals surface area contributed by atoms with Crippen molar-refractivity contribution >= 4 is 0 Å². The van der Waals surface area contributed by atoms with E-state index in [4.69, 9.17) is 90.0 Å². The molecule has 688 valence electrons. The number of ether oxygens (including phenoxy) is 19. The molecule has 44 fully saturated rings. The molecule has 26 saturated carbocycles. The van der Waals surface area contributed by atoms with Crippen LogP contribution in [0.1, 0.15) is 214 Å². The fourth-order valence-corrected chi connectivity index (χ4v) is 45.9. The highest BCUT2D eigenvalue weighted by atomic mass is 16.7. The molecule has 0 radical (unpaired) electrons. The first-order chi connectivity index (χ1) is 60.2. The number of fused-ring (bicyclic) bond motifs is 76. The van der Waals surface area contributed by atoms with Crippen molar-refractivity contribution in [3.63, 3.8) is 0 Å².